The van der Waals surface area contributed by atoms with Gasteiger partial charge in [0.2, 0.25) is 5.78 Å². The second-order valence-corrected chi connectivity index (χ2v) is 3.94. The summed E-state index contributed by atoms with van der Waals surface area (Å²) in [4.78, 5) is 11.9. The number of Topliss-reactive ketones (excluding diaryl/α,β-unsaturated/α-hetero) is 1. The Labute approximate surface area is 105 Å². The van der Waals surface area contributed by atoms with E-state index in [4.69, 9.17) is 4.74 Å². The average molecular weight is 244 g/mol. The number of hydrogen-bond donors (Lipinski definition) is 0. The second kappa shape index (κ2) is 5.45. The summed E-state index contributed by atoms with van der Waals surface area (Å²) in [5.41, 5.74) is 0.727. The van der Waals surface area contributed by atoms with Crippen molar-refractivity contribution in [1.82, 2.24) is 0 Å². The third-order valence-electron chi connectivity index (χ3n) is 2.68. The van der Waals surface area contributed by atoms with Gasteiger partial charge in [-0.25, -0.2) is 4.39 Å². The summed E-state index contributed by atoms with van der Waals surface area (Å²) < 4.78 is 18.7. The van der Waals surface area contributed by atoms with Crippen molar-refractivity contribution in [2.24, 2.45) is 0 Å². The number of rotatable bonds is 4. The first-order chi connectivity index (χ1) is 8.68. The van der Waals surface area contributed by atoms with Crippen molar-refractivity contribution < 1.29 is 13.9 Å². The van der Waals surface area contributed by atoms with E-state index in [-0.39, 0.29) is 18.2 Å². The number of carbonyl (C=O) groups excluding carboxylic acids is 1. The van der Waals surface area contributed by atoms with E-state index in [1.54, 1.807) is 25.1 Å². The normalized spacial score (nSPS) is 10.1. The van der Waals surface area contributed by atoms with Crippen LogP contribution in [0.2, 0.25) is 0 Å². The van der Waals surface area contributed by atoms with Gasteiger partial charge in [0.25, 0.3) is 0 Å². The third-order valence-corrected chi connectivity index (χ3v) is 2.68. The van der Waals surface area contributed by atoms with Crippen LogP contribution in [-0.2, 0) is 0 Å². The van der Waals surface area contributed by atoms with Crippen LogP contribution in [0.25, 0.3) is 0 Å². The Morgan fingerprint density at radius 1 is 1.11 bits per heavy atom. The Morgan fingerprint density at radius 2 is 1.83 bits per heavy atom. The van der Waals surface area contributed by atoms with E-state index in [1.807, 2.05) is 18.2 Å². The van der Waals surface area contributed by atoms with Crippen LogP contribution in [0.5, 0.6) is 5.75 Å². The first-order valence-electron chi connectivity index (χ1n) is 5.64. The lowest BCUT2D eigenvalue weighted by Gasteiger charge is -2.07. The Morgan fingerprint density at radius 3 is 2.56 bits per heavy atom. The van der Waals surface area contributed by atoms with Gasteiger partial charge in [0.15, 0.2) is 6.61 Å². The molecular weight excluding hydrogens is 231 g/mol. The number of carbonyl (C=O) groups is 1. The maximum Gasteiger partial charge on any atom is 0.200 e. The molecule has 0 bridgehead atoms. The van der Waals surface area contributed by atoms with E-state index in [0.29, 0.717) is 16.9 Å². The molecule has 2 rings (SSSR count). The number of hydrogen-bond acceptors (Lipinski definition) is 2. The Bertz CT molecular complexity index is 550. The lowest BCUT2D eigenvalue weighted by Crippen LogP contribution is -2.13. The van der Waals surface area contributed by atoms with Crippen molar-refractivity contribution in [2.45, 2.75) is 6.92 Å². The number of ether oxygens (including phenoxy) is 1. The Kier molecular flexibility index (Phi) is 3.72. The van der Waals surface area contributed by atoms with Gasteiger partial charge in [-0.15, -0.1) is 0 Å². The molecule has 0 atom stereocenters. The highest BCUT2D eigenvalue weighted by Crippen LogP contribution is 2.14. The van der Waals surface area contributed by atoms with Crippen LogP contribution in [0.4, 0.5) is 4.39 Å². The van der Waals surface area contributed by atoms with Crippen molar-refractivity contribution in [1.29, 1.82) is 0 Å². The number of para-hydroxylation sites is 1. The summed E-state index contributed by atoms with van der Waals surface area (Å²) in [5, 5.41) is 0. The lowest BCUT2D eigenvalue weighted by atomic mass is 10.0. The van der Waals surface area contributed by atoms with E-state index in [1.165, 1.54) is 12.1 Å². The van der Waals surface area contributed by atoms with Gasteiger partial charge in [0, 0.05) is 5.56 Å². The van der Waals surface area contributed by atoms with Crippen LogP contribution in [0, 0.1) is 12.7 Å². The molecule has 92 valence electrons. The molecule has 0 amide bonds. The molecule has 0 unspecified atom stereocenters. The molecule has 0 fully saturated rings. The molecule has 0 saturated heterocycles. The summed E-state index contributed by atoms with van der Waals surface area (Å²) in [6.45, 7) is 1.50. The monoisotopic (exact) mass is 244 g/mol. The summed E-state index contributed by atoms with van der Waals surface area (Å²) >= 11 is 0. The zero-order valence-corrected chi connectivity index (χ0v) is 10.0. The third kappa shape index (κ3) is 2.74. The molecule has 2 aromatic carbocycles. The first-order valence-corrected chi connectivity index (χ1v) is 5.64. The van der Waals surface area contributed by atoms with Crippen LogP contribution in [0.1, 0.15) is 15.9 Å². The minimum Gasteiger partial charge on any atom is -0.485 e. The van der Waals surface area contributed by atoms with E-state index in [9.17, 15) is 9.18 Å². The van der Waals surface area contributed by atoms with E-state index < -0.39 is 0 Å². The van der Waals surface area contributed by atoms with Crippen molar-refractivity contribution in [3.63, 3.8) is 0 Å². The molecule has 18 heavy (non-hydrogen) atoms. The van der Waals surface area contributed by atoms with E-state index >= 15 is 0 Å². The molecule has 0 aliphatic rings. The molecule has 0 aromatic heterocycles. The molecule has 0 heterocycles. The van der Waals surface area contributed by atoms with Crippen LogP contribution in [0.15, 0.2) is 48.5 Å². The van der Waals surface area contributed by atoms with Crippen LogP contribution in [0.3, 0.4) is 0 Å². The smallest absolute Gasteiger partial charge is 0.200 e. The van der Waals surface area contributed by atoms with Gasteiger partial charge in [-0.2, -0.15) is 0 Å². The quantitative estimate of drug-likeness (QED) is 0.770. The second-order valence-electron chi connectivity index (χ2n) is 3.94. The largest absolute Gasteiger partial charge is 0.485 e. The minimum absolute atomic E-state index is 0.0890. The molecule has 2 nitrogen and oxygen atoms in total. The van der Waals surface area contributed by atoms with Crippen molar-refractivity contribution >= 4 is 5.78 Å². The predicted octanol–water partition coefficient (Wildman–Crippen LogP) is 3.40. The fourth-order valence-corrected chi connectivity index (χ4v) is 1.65. The molecule has 0 aliphatic heterocycles. The average Bonchev–Trinajstić information content (AvgIpc) is 2.40. The van der Waals surface area contributed by atoms with Gasteiger partial charge in [0.1, 0.15) is 11.6 Å². The lowest BCUT2D eigenvalue weighted by molar-refractivity contribution is 0.0920. The maximum atomic E-state index is 13.3. The van der Waals surface area contributed by atoms with Gasteiger partial charge >= 0.3 is 0 Å². The summed E-state index contributed by atoms with van der Waals surface area (Å²) in [5.74, 6) is 0.0244. The number of halogens is 1. The fraction of sp³-hybridized carbons (Fsp3) is 0.133. The van der Waals surface area contributed by atoms with Crippen LogP contribution in [-0.4, -0.2) is 12.4 Å². The van der Waals surface area contributed by atoms with Gasteiger partial charge in [-0.3, -0.25) is 4.79 Å². The maximum absolute atomic E-state index is 13.3. The van der Waals surface area contributed by atoms with Crippen molar-refractivity contribution in [3.8, 4) is 5.75 Å². The molecule has 2 aromatic rings. The van der Waals surface area contributed by atoms with E-state index in [0.717, 1.165) is 0 Å². The van der Waals surface area contributed by atoms with Crippen molar-refractivity contribution in [2.75, 3.05) is 6.61 Å². The molecule has 3 heteroatoms. The fourth-order valence-electron chi connectivity index (χ4n) is 1.65. The zero-order valence-electron chi connectivity index (χ0n) is 10.0. The highest BCUT2D eigenvalue weighted by molar-refractivity contribution is 5.98. The summed E-state index contributed by atoms with van der Waals surface area (Å²) in [6, 6.07) is 13.5. The van der Waals surface area contributed by atoms with Crippen LogP contribution < -0.4 is 4.74 Å². The van der Waals surface area contributed by atoms with E-state index in [2.05, 4.69) is 0 Å². The standard InChI is InChI=1S/C15H13FO2/c1-11-13(8-5-9-14(11)16)15(17)10-18-12-6-3-2-4-7-12/h2-9H,10H2,1H3. The molecular formula is C15H13FO2. The summed E-state index contributed by atoms with van der Waals surface area (Å²) in [6.07, 6.45) is 0. The number of benzene rings is 2. The minimum atomic E-state index is -0.374. The van der Waals surface area contributed by atoms with Crippen LogP contribution >= 0.6 is 0 Å². The van der Waals surface area contributed by atoms with Gasteiger partial charge in [-0.1, -0.05) is 30.3 Å². The predicted molar refractivity (Wildman–Crippen MR) is 67.4 cm³/mol. The molecule has 0 N–H and O–H groups in total. The Hall–Kier alpha value is -2.16. The SMILES string of the molecule is Cc1c(F)cccc1C(=O)COc1ccccc1. The molecule has 0 aliphatic carbocycles. The highest BCUT2D eigenvalue weighted by Gasteiger charge is 2.12. The number of ketones is 1. The Balaban J connectivity index is 2.07. The molecule has 0 radical (unpaired) electrons. The van der Waals surface area contributed by atoms with Gasteiger partial charge < -0.3 is 4.74 Å². The van der Waals surface area contributed by atoms with Gasteiger partial charge in [0.05, 0.1) is 0 Å². The molecule has 0 spiro atoms. The summed E-state index contributed by atoms with van der Waals surface area (Å²) in [7, 11) is 0. The first kappa shape index (κ1) is 12.3. The molecule has 0 saturated carbocycles. The van der Waals surface area contributed by atoms with Gasteiger partial charge in [-0.05, 0) is 30.7 Å². The van der Waals surface area contributed by atoms with Crippen molar-refractivity contribution in [3.05, 3.63) is 65.5 Å². The topological polar surface area (TPSA) is 26.3 Å². The zero-order chi connectivity index (χ0) is 13.0. The highest BCUT2D eigenvalue weighted by atomic mass is 19.1.